The zero-order valence-electron chi connectivity index (χ0n) is 14.6. The Bertz CT molecular complexity index is 695. The fraction of sp³-hybridized carbons (Fsp3) is 0.625. The second-order valence-electron chi connectivity index (χ2n) is 6.02. The summed E-state index contributed by atoms with van der Waals surface area (Å²) in [5.74, 6) is 0.480. The van der Waals surface area contributed by atoms with Crippen LogP contribution in [0.25, 0.3) is 11.0 Å². The Hall–Kier alpha value is -2.26. The van der Waals surface area contributed by atoms with Gasteiger partial charge in [-0.1, -0.05) is 6.92 Å². The van der Waals surface area contributed by atoms with E-state index in [0.717, 1.165) is 63.3 Å². The standard InChI is InChI=1S/C16H25N7O2/c1-2-4-17-16(24)21-14-13-11-20-23(15(13)19-12-18-14)7-6-22-5-3-9-25-10-8-22/h11-12H,2-10H2,1H3,(H2,17,18,19,21,24). The molecule has 9 nitrogen and oxygen atoms in total. The second-order valence-corrected chi connectivity index (χ2v) is 6.02. The van der Waals surface area contributed by atoms with Gasteiger partial charge < -0.3 is 10.1 Å². The van der Waals surface area contributed by atoms with Gasteiger partial charge in [0.25, 0.3) is 0 Å². The summed E-state index contributed by atoms with van der Waals surface area (Å²) in [4.78, 5) is 22.7. The van der Waals surface area contributed by atoms with Gasteiger partial charge in [0.1, 0.15) is 12.1 Å². The van der Waals surface area contributed by atoms with Gasteiger partial charge in [-0.25, -0.2) is 19.4 Å². The number of nitrogens with one attached hydrogen (secondary N) is 2. The number of urea groups is 1. The zero-order chi connectivity index (χ0) is 17.5. The summed E-state index contributed by atoms with van der Waals surface area (Å²) in [5.41, 5.74) is 0.729. The van der Waals surface area contributed by atoms with Gasteiger partial charge in [0, 0.05) is 32.8 Å². The quantitative estimate of drug-likeness (QED) is 0.812. The van der Waals surface area contributed by atoms with E-state index in [-0.39, 0.29) is 6.03 Å². The first-order valence-electron chi connectivity index (χ1n) is 8.79. The van der Waals surface area contributed by atoms with Crippen LogP contribution in [0.5, 0.6) is 0 Å². The summed E-state index contributed by atoms with van der Waals surface area (Å²) in [6, 6.07) is -0.265. The molecular formula is C16H25N7O2. The number of carbonyl (C=O) groups is 1. The maximum absolute atomic E-state index is 11.9. The van der Waals surface area contributed by atoms with E-state index in [1.807, 2.05) is 11.6 Å². The lowest BCUT2D eigenvalue weighted by Crippen LogP contribution is -2.30. The van der Waals surface area contributed by atoms with Gasteiger partial charge in [-0.2, -0.15) is 5.10 Å². The predicted octanol–water partition coefficient (Wildman–Crippen LogP) is 1.08. The number of rotatable bonds is 6. The highest BCUT2D eigenvalue weighted by molar-refractivity contribution is 5.97. The van der Waals surface area contributed by atoms with E-state index in [1.165, 1.54) is 6.33 Å². The van der Waals surface area contributed by atoms with E-state index < -0.39 is 0 Å². The molecule has 1 aliphatic rings. The van der Waals surface area contributed by atoms with Gasteiger partial charge in [0.05, 0.1) is 24.7 Å². The van der Waals surface area contributed by atoms with Crippen molar-refractivity contribution in [2.24, 2.45) is 0 Å². The molecule has 0 aliphatic carbocycles. The third kappa shape index (κ3) is 4.64. The number of fused-ring (bicyclic) bond motifs is 1. The van der Waals surface area contributed by atoms with Gasteiger partial charge in [0.2, 0.25) is 0 Å². The molecule has 2 aromatic heterocycles. The lowest BCUT2D eigenvalue weighted by Gasteiger charge is -2.18. The highest BCUT2D eigenvalue weighted by atomic mass is 16.5. The van der Waals surface area contributed by atoms with Crippen LogP contribution in [0.1, 0.15) is 19.8 Å². The smallest absolute Gasteiger partial charge is 0.320 e. The minimum atomic E-state index is -0.265. The summed E-state index contributed by atoms with van der Waals surface area (Å²) in [6.45, 7) is 7.86. The first-order valence-corrected chi connectivity index (χ1v) is 8.79. The van der Waals surface area contributed by atoms with Crippen LogP contribution in [0.3, 0.4) is 0 Å². The lowest BCUT2D eigenvalue weighted by molar-refractivity contribution is 0.140. The summed E-state index contributed by atoms with van der Waals surface area (Å²) in [6.07, 6.45) is 5.10. The van der Waals surface area contributed by atoms with E-state index >= 15 is 0 Å². The molecule has 2 aromatic rings. The molecule has 0 radical (unpaired) electrons. The first kappa shape index (κ1) is 17.6. The zero-order valence-corrected chi connectivity index (χ0v) is 14.6. The molecule has 136 valence electrons. The minimum Gasteiger partial charge on any atom is -0.380 e. The number of hydrogen-bond donors (Lipinski definition) is 2. The Morgan fingerprint density at radius 2 is 2.20 bits per heavy atom. The molecule has 9 heteroatoms. The Labute approximate surface area is 146 Å². The van der Waals surface area contributed by atoms with Crippen LogP contribution >= 0.6 is 0 Å². The Balaban J connectivity index is 1.66. The van der Waals surface area contributed by atoms with E-state index in [1.54, 1.807) is 6.20 Å². The second kappa shape index (κ2) is 8.72. The SMILES string of the molecule is CCCNC(=O)Nc1ncnc2c1cnn2CCN1CCCOCC1. The van der Waals surface area contributed by atoms with Gasteiger partial charge in [0.15, 0.2) is 5.65 Å². The molecule has 1 aliphatic heterocycles. The molecule has 25 heavy (non-hydrogen) atoms. The predicted molar refractivity (Wildman–Crippen MR) is 94.5 cm³/mol. The van der Waals surface area contributed by atoms with Crippen LogP contribution in [0.15, 0.2) is 12.5 Å². The number of hydrogen-bond acceptors (Lipinski definition) is 6. The average molecular weight is 347 g/mol. The summed E-state index contributed by atoms with van der Waals surface area (Å²) in [5, 5.41) is 10.7. The van der Waals surface area contributed by atoms with Crippen molar-refractivity contribution in [2.75, 3.05) is 44.7 Å². The number of nitrogens with zero attached hydrogens (tertiary/aromatic N) is 5. The molecule has 0 atom stereocenters. The molecule has 1 saturated heterocycles. The summed E-state index contributed by atoms with van der Waals surface area (Å²) < 4.78 is 7.34. The van der Waals surface area contributed by atoms with E-state index in [4.69, 9.17) is 4.74 Å². The van der Waals surface area contributed by atoms with Crippen molar-refractivity contribution in [3.8, 4) is 0 Å². The lowest BCUT2D eigenvalue weighted by atomic mass is 10.4. The maximum Gasteiger partial charge on any atom is 0.320 e. The fourth-order valence-corrected chi connectivity index (χ4v) is 2.80. The number of aromatic nitrogens is 4. The van der Waals surface area contributed by atoms with Gasteiger partial charge >= 0.3 is 6.03 Å². The third-order valence-corrected chi connectivity index (χ3v) is 4.14. The molecule has 0 saturated carbocycles. The fourth-order valence-electron chi connectivity index (χ4n) is 2.80. The average Bonchev–Trinajstić information content (AvgIpc) is 2.86. The van der Waals surface area contributed by atoms with E-state index in [2.05, 4.69) is 30.6 Å². The molecule has 0 unspecified atom stereocenters. The van der Waals surface area contributed by atoms with Gasteiger partial charge in [-0.15, -0.1) is 0 Å². The van der Waals surface area contributed by atoms with Crippen molar-refractivity contribution in [3.05, 3.63) is 12.5 Å². The highest BCUT2D eigenvalue weighted by Crippen LogP contribution is 2.18. The van der Waals surface area contributed by atoms with Gasteiger partial charge in [-0.05, 0) is 12.8 Å². The van der Waals surface area contributed by atoms with E-state index in [0.29, 0.717) is 12.4 Å². The number of ether oxygens (including phenoxy) is 1. The molecule has 0 bridgehead atoms. The monoisotopic (exact) mass is 347 g/mol. The molecule has 3 rings (SSSR count). The Morgan fingerprint density at radius 3 is 3.08 bits per heavy atom. The normalized spacial score (nSPS) is 15.9. The molecule has 1 fully saturated rings. The minimum absolute atomic E-state index is 0.265. The van der Waals surface area contributed by atoms with Crippen molar-refractivity contribution in [1.82, 2.24) is 30.0 Å². The number of anilines is 1. The van der Waals surface area contributed by atoms with Crippen LogP contribution in [0, 0.1) is 0 Å². The van der Waals surface area contributed by atoms with Gasteiger partial charge in [-0.3, -0.25) is 10.2 Å². The van der Waals surface area contributed by atoms with Crippen molar-refractivity contribution in [2.45, 2.75) is 26.3 Å². The third-order valence-electron chi connectivity index (χ3n) is 4.14. The van der Waals surface area contributed by atoms with Crippen LogP contribution < -0.4 is 10.6 Å². The van der Waals surface area contributed by atoms with Crippen LogP contribution in [0.2, 0.25) is 0 Å². The van der Waals surface area contributed by atoms with Crippen molar-refractivity contribution in [1.29, 1.82) is 0 Å². The molecule has 3 heterocycles. The van der Waals surface area contributed by atoms with Crippen molar-refractivity contribution >= 4 is 22.9 Å². The Morgan fingerprint density at radius 1 is 1.28 bits per heavy atom. The summed E-state index contributed by atoms with van der Waals surface area (Å²) in [7, 11) is 0. The van der Waals surface area contributed by atoms with Crippen molar-refractivity contribution < 1.29 is 9.53 Å². The number of carbonyl (C=O) groups excluding carboxylic acids is 1. The maximum atomic E-state index is 11.9. The Kier molecular flexibility index (Phi) is 6.13. The largest absolute Gasteiger partial charge is 0.380 e. The van der Waals surface area contributed by atoms with Crippen LogP contribution in [0.4, 0.5) is 10.6 Å². The topological polar surface area (TPSA) is 97.2 Å². The number of amides is 2. The van der Waals surface area contributed by atoms with E-state index in [9.17, 15) is 4.79 Å². The van der Waals surface area contributed by atoms with Crippen LogP contribution in [-0.4, -0.2) is 70.1 Å². The molecule has 2 N–H and O–H groups in total. The highest BCUT2D eigenvalue weighted by Gasteiger charge is 2.14. The van der Waals surface area contributed by atoms with Crippen LogP contribution in [-0.2, 0) is 11.3 Å². The molecule has 0 aromatic carbocycles. The molecular weight excluding hydrogens is 322 g/mol. The summed E-state index contributed by atoms with van der Waals surface area (Å²) >= 11 is 0. The molecule has 2 amide bonds. The first-order chi connectivity index (χ1) is 12.3. The molecule has 0 spiro atoms. The van der Waals surface area contributed by atoms with Crippen molar-refractivity contribution in [3.63, 3.8) is 0 Å².